The van der Waals surface area contributed by atoms with Crippen LogP contribution in [0, 0.1) is 12.7 Å². The second kappa shape index (κ2) is 9.92. The van der Waals surface area contributed by atoms with Crippen LogP contribution >= 0.6 is 11.8 Å². The number of nitrogens with one attached hydrogen (secondary N) is 1. The molecule has 0 aliphatic carbocycles. The molecule has 0 saturated carbocycles. The van der Waals surface area contributed by atoms with Crippen molar-refractivity contribution < 1.29 is 9.18 Å². The molecule has 1 aromatic heterocycles. The second-order valence-corrected chi connectivity index (χ2v) is 8.58. The molecular formula is C26H24FN3OS. The van der Waals surface area contributed by atoms with Crippen molar-refractivity contribution >= 4 is 28.6 Å². The average molecular weight is 446 g/mol. The van der Waals surface area contributed by atoms with Crippen LogP contribution in [0.2, 0.25) is 0 Å². The van der Waals surface area contributed by atoms with Crippen molar-refractivity contribution in [2.75, 3.05) is 5.75 Å². The lowest BCUT2D eigenvalue weighted by molar-refractivity contribution is -0.118. The number of aromatic nitrogens is 2. The first kappa shape index (κ1) is 22.0. The number of amides is 1. The fourth-order valence-corrected chi connectivity index (χ4v) is 4.22. The number of rotatable bonds is 7. The van der Waals surface area contributed by atoms with Crippen LogP contribution in [-0.2, 0) is 17.8 Å². The maximum atomic E-state index is 13.1. The molecule has 4 rings (SSSR count). The van der Waals surface area contributed by atoms with E-state index in [2.05, 4.69) is 30.4 Å². The molecule has 0 saturated heterocycles. The van der Waals surface area contributed by atoms with Gasteiger partial charge in [-0.3, -0.25) is 4.79 Å². The maximum absolute atomic E-state index is 13.1. The molecule has 0 aliphatic rings. The minimum Gasteiger partial charge on any atom is -0.351 e. The van der Waals surface area contributed by atoms with E-state index in [9.17, 15) is 9.18 Å². The van der Waals surface area contributed by atoms with E-state index in [-0.39, 0.29) is 17.5 Å². The van der Waals surface area contributed by atoms with Gasteiger partial charge in [0.2, 0.25) is 5.91 Å². The van der Waals surface area contributed by atoms with Crippen LogP contribution < -0.4 is 5.32 Å². The van der Waals surface area contributed by atoms with Gasteiger partial charge in [0.05, 0.1) is 11.3 Å². The molecule has 1 heterocycles. The smallest absolute Gasteiger partial charge is 0.230 e. The third kappa shape index (κ3) is 5.32. The number of hydrogen-bond donors (Lipinski definition) is 1. The van der Waals surface area contributed by atoms with E-state index in [4.69, 9.17) is 9.97 Å². The zero-order valence-corrected chi connectivity index (χ0v) is 18.9. The third-order valence-corrected chi connectivity index (χ3v) is 6.14. The number of halogens is 1. The first-order valence-electron chi connectivity index (χ1n) is 10.5. The molecule has 3 aromatic carbocycles. The SMILES string of the molecule is CCc1ccc2nc(-c3cccc(C)c3)nc(SCC(=O)NCc3ccc(F)cc3)c2c1. The van der Waals surface area contributed by atoms with Crippen molar-refractivity contribution in [1.82, 2.24) is 15.3 Å². The monoisotopic (exact) mass is 445 g/mol. The van der Waals surface area contributed by atoms with Crippen LogP contribution in [0.25, 0.3) is 22.3 Å². The van der Waals surface area contributed by atoms with Gasteiger partial charge in [0.1, 0.15) is 10.8 Å². The van der Waals surface area contributed by atoms with Gasteiger partial charge < -0.3 is 5.32 Å². The predicted molar refractivity (Wildman–Crippen MR) is 128 cm³/mol. The zero-order valence-electron chi connectivity index (χ0n) is 18.1. The number of benzene rings is 3. The Morgan fingerprint density at radius 2 is 1.78 bits per heavy atom. The summed E-state index contributed by atoms with van der Waals surface area (Å²) in [6.45, 7) is 4.51. The normalized spacial score (nSPS) is 11.0. The highest BCUT2D eigenvalue weighted by atomic mass is 32.2. The Balaban J connectivity index is 1.56. The summed E-state index contributed by atoms with van der Waals surface area (Å²) in [4.78, 5) is 22.1. The largest absolute Gasteiger partial charge is 0.351 e. The molecule has 162 valence electrons. The van der Waals surface area contributed by atoms with Gasteiger partial charge in [-0.1, -0.05) is 60.6 Å². The summed E-state index contributed by atoms with van der Waals surface area (Å²) in [7, 11) is 0. The van der Waals surface area contributed by atoms with Gasteiger partial charge in [0, 0.05) is 17.5 Å². The van der Waals surface area contributed by atoms with E-state index in [1.165, 1.54) is 29.5 Å². The molecule has 0 radical (unpaired) electrons. The fourth-order valence-electron chi connectivity index (χ4n) is 3.38. The second-order valence-electron chi connectivity index (χ2n) is 7.62. The van der Waals surface area contributed by atoms with Gasteiger partial charge in [-0.25, -0.2) is 14.4 Å². The van der Waals surface area contributed by atoms with E-state index < -0.39 is 0 Å². The third-order valence-electron chi connectivity index (χ3n) is 5.15. The predicted octanol–water partition coefficient (Wildman–Crippen LogP) is 5.72. The lowest BCUT2D eigenvalue weighted by Gasteiger charge is -2.11. The molecule has 6 heteroatoms. The molecule has 0 bridgehead atoms. The minimum absolute atomic E-state index is 0.102. The standard InChI is InChI=1S/C26H24FN3OS/c1-3-18-9-12-23-22(14-18)26(30-25(29-23)20-6-4-5-17(2)13-20)32-16-24(31)28-15-19-7-10-21(27)11-8-19/h4-14H,3,15-16H2,1-2H3,(H,28,31). The van der Waals surface area contributed by atoms with Crippen LogP contribution in [0.5, 0.6) is 0 Å². The highest BCUT2D eigenvalue weighted by molar-refractivity contribution is 8.00. The highest BCUT2D eigenvalue weighted by Crippen LogP contribution is 2.29. The van der Waals surface area contributed by atoms with Gasteiger partial charge in [0.25, 0.3) is 0 Å². The molecule has 4 nitrogen and oxygen atoms in total. The van der Waals surface area contributed by atoms with E-state index in [0.717, 1.165) is 39.0 Å². The summed E-state index contributed by atoms with van der Waals surface area (Å²) in [5, 5.41) is 4.63. The number of hydrogen-bond acceptors (Lipinski definition) is 4. The molecule has 1 N–H and O–H groups in total. The summed E-state index contributed by atoms with van der Waals surface area (Å²) in [6.07, 6.45) is 0.915. The molecule has 0 atom stereocenters. The van der Waals surface area contributed by atoms with E-state index >= 15 is 0 Å². The maximum Gasteiger partial charge on any atom is 0.230 e. The van der Waals surface area contributed by atoms with Crippen molar-refractivity contribution in [1.29, 1.82) is 0 Å². The Morgan fingerprint density at radius 3 is 2.53 bits per heavy atom. The molecule has 0 aliphatic heterocycles. The van der Waals surface area contributed by atoms with Crippen LogP contribution in [-0.4, -0.2) is 21.6 Å². The number of nitrogens with zero attached hydrogens (tertiary/aromatic N) is 2. The average Bonchev–Trinajstić information content (AvgIpc) is 2.81. The highest BCUT2D eigenvalue weighted by Gasteiger charge is 2.13. The Labute approximate surface area is 191 Å². The van der Waals surface area contributed by atoms with E-state index in [0.29, 0.717) is 12.4 Å². The molecule has 0 fully saturated rings. The van der Waals surface area contributed by atoms with E-state index in [1.807, 2.05) is 31.2 Å². The van der Waals surface area contributed by atoms with E-state index in [1.54, 1.807) is 12.1 Å². The Kier molecular flexibility index (Phi) is 6.81. The quantitative estimate of drug-likeness (QED) is 0.292. The summed E-state index contributed by atoms with van der Waals surface area (Å²) in [5.41, 5.74) is 5.01. The zero-order chi connectivity index (χ0) is 22.5. The lowest BCUT2D eigenvalue weighted by Crippen LogP contribution is -2.24. The topological polar surface area (TPSA) is 54.9 Å². The van der Waals surface area contributed by atoms with Crippen molar-refractivity contribution in [2.24, 2.45) is 0 Å². The number of carbonyl (C=O) groups is 1. The summed E-state index contributed by atoms with van der Waals surface area (Å²) in [6, 6.07) is 20.4. The minimum atomic E-state index is -0.290. The van der Waals surface area contributed by atoms with Crippen molar-refractivity contribution in [2.45, 2.75) is 31.8 Å². The summed E-state index contributed by atoms with van der Waals surface area (Å²) >= 11 is 1.40. The number of carbonyl (C=O) groups excluding carboxylic acids is 1. The first-order chi connectivity index (χ1) is 15.5. The Morgan fingerprint density at radius 1 is 1.00 bits per heavy atom. The van der Waals surface area contributed by atoms with Gasteiger partial charge in [0.15, 0.2) is 5.82 Å². The van der Waals surface area contributed by atoms with Crippen molar-refractivity contribution in [3.63, 3.8) is 0 Å². The molecule has 1 amide bonds. The van der Waals surface area contributed by atoms with Crippen molar-refractivity contribution in [3.05, 3.63) is 89.2 Å². The summed E-state index contributed by atoms with van der Waals surface area (Å²) in [5.74, 6) is 0.494. The van der Waals surface area contributed by atoms with Gasteiger partial charge in [-0.2, -0.15) is 0 Å². The van der Waals surface area contributed by atoms with Gasteiger partial charge in [-0.15, -0.1) is 0 Å². The van der Waals surface area contributed by atoms with Crippen molar-refractivity contribution in [3.8, 4) is 11.4 Å². The van der Waals surface area contributed by atoms with Crippen LogP contribution in [0.1, 0.15) is 23.6 Å². The number of fused-ring (bicyclic) bond motifs is 1. The molecule has 0 unspecified atom stereocenters. The fraction of sp³-hybridized carbons (Fsp3) is 0.192. The van der Waals surface area contributed by atoms with Crippen LogP contribution in [0.15, 0.2) is 71.8 Å². The Bertz CT molecular complexity index is 1260. The molecular weight excluding hydrogens is 421 g/mol. The van der Waals surface area contributed by atoms with Crippen LogP contribution in [0.3, 0.4) is 0 Å². The molecule has 4 aromatic rings. The Hall–Kier alpha value is -3.25. The lowest BCUT2D eigenvalue weighted by atomic mass is 10.1. The molecule has 0 spiro atoms. The first-order valence-corrected chi connectivity index (χ1v) is 11.5. The summed E-state index contributed by atoms with van der Waals surface area (Å²) < 4.78 is 13.1. The number of thioether (sulfide) groups is 1. The van der Waals surface area contributed by atoms with Crippen LogP contribution in [0.4, 0.5) is 4.39 Å². The number of aryl methyl sites for hydroxylation is 2. The van der Waals surface area contributed by atoms with Gasteiger partial charge >= 0.3 is 0 Å². The van der Waals surface area contributed by atoms with Gasteiger partial charge in [-0.05, 0) is 54.8 Å². The molecule has 32 heavy (non-hydrogen) atoms.